The standard InChI is InChI=1S/C51H62F2N4O11/c1-29(54-43(62)11-6-5-7-20-57-44(63)16-17-45(57)64)46(65)55-30(2)47(66)56-34-10-8-9-32(22-34)21-31-12-14-33(15-13-31)48-67-28-49(3)26-42(61)51(53)37(36(49)25-41(68-48)40(60)27-58)24-39(52)38-23-35(59)18-19-50(38,51)4/h8-10,12-19,22-23,29-30,35-37,39,41-42,48,58-59,61H,5-7,11,20-21,24-28H2,1-4H3,(H,54,62)(H,55,65)(H,56,66)/t29-,30-,35?,36-,37-,39-,41?,42-,48-,49+,50-,51-/m0/s1. The van der Waals surface area contributed by atoms with E-state index in [9.17, 15) is 44.1 Å². The van der Waals surface area contributed by atoms with Gasteiger partial charge in [0.2, 0.25) is 17.7 Å². The molecule has 366 valence electrons. The Morgan fingerprint density at radius 2 is 1.60 bits per heavy atom. The number of Topliss-reactive ketones (excluding diaryl/α,β-unsaturated/α-hetero) is 1. The summed E-state index contributed by atoms with van der Waals surface area (Å²) in [5, 5.41) is 40.0. The van der Waals surface area contributed by atoms with Crippen molar-refractivity contribution >= 4 is 41.0 Å². The Kier molecular flexibility index (Phi) is 15.3. The number of fused-ring (bicyclic) bond motifs is 5. The van der Waals surface area contributed by atoms with Crippen LogP contribution in [-0.2, 0) is 44.7 Å². The molecule has 1 saturated heterocycles. The van der Waals surface area contributed by atoms with Crippen LogP contribution in [0.15, 0.2) is 84.5 Å². The summed E-state index contributed by atoms with van der Waals surface area (Å²) in [5.74, 6) is -4.40. The van der Waals surface area contributed by atoms with Crippen LogP contribution in [0.3, 0.4) is 0 Å². The first-order valence-corrected chi connectivity index (χ1v) is 23.4. The summed E-state index contributed by atoms with van der Waals surface area (Å²) in [6.07, 6.45) is 2.09. The van der Waals surface area contributed by atoms with E-state index < -0.39 is 95.4 Å². The SMILES string of the molecule is C[C@H](NC(=O)CCCCCN1C(=O)C=CC1=O)C(=O)N[C@@H](C)C(=O)Nc1cccc(Cc2ccc([C@H]3OC[C@@]4(C)C[C@H](O)[C@@]5(F)[C@@H](C[C@H](F)C6=CC(O)C=C[C@@]65C)[C@@H]4CC(C(=O)CO)O3)cc2)c1. The Hall–Kier alpha value is -5.46. The number of ketones is 1. The maximum Gasteiger partial charge on any atom is 0.253 e. The van der Waals surface area contributed by atoms with Gasteiger partial charge in [-0.1, -0.05) is 61.9 Å². The van der Waals surface area contributed by atoms with Gasteiger partial charge in [-0.25, -0.2) is 8.78 Å². The summed E-state index contributed by atoms with van der Waals surface area (Å²) >= 11 is 0. The van der Waals surface area contributed by atoms with Crippen molar-refractivity contribution in [3.05, 3.63) is 101 Å². The van der Waals surface area contributed by atoms with E-state index in [4.69, 9.17) is 9.47 Å². The second-order valence-corrected chi connectivity index (χ2v) is 19.5. The van der Waals surface area contributed by atoms with E-state index in [-0.39, 0.29) is 62.1 Å². The number of anilines is 1. The lowest BCUT2D eigenvalue weighted by molar-refractivity contribution is -0.262. The number of aliphatic hydroxyl groups excluding tert-OH is 3. The number of benzene rings is 2. The van der Waals surface area contributed by atoms with E-state index in [2.05, 4.69) is 16.0 Å². The summed E-state index contributed by atoms with van der Waals surface area (Å²) < 4.78 is 46.5. The van der Waals surface area contributed by atoms with E-state index in [0.29, 0.717) is 36.9 Å². The molecular formula is C51H62F2N4O11. The van der Waals surface area contributed by atoms with Crippen LogP contribution in [0.2, 0.25) is 0 Å². The molecule has 0 bridgehead atoms. The number of aliphatic hydroxyl groups is 3. The van der Waals surface area contributed by atoms with Gasteiger partial charge in [-0.05, 0) is 106 Å². The normalized spacial score (nSPS) is 31.8. The van der Waals surface area contributed by atoms with E-state index in [1.54, 1.807) is 37.3 Å². The highest BCUT2D eigenvalue weighted by Crippen LogP contribution is 2.66. The number of hydrogen-bond donors (Lipinski definition) is 6. The lowest BCUT2D eigenvalue weighted by Gasteiger charge is -2.63. The summed E-state index contributed by atoms with van der Waals surface area (Å²) in [4.78, 5) is 76.2. The van der Waals surface area contributed by atoms with Gasteiger partial charge < -0.3 is 40.7 Å². The van der Waals surface area contributed by atoms with Gasteiger partial charge in [-0.3, -0.25) is 33.7 Å². The minimum Gasteiger partial charge on any atom is -0.390 e. The third-order valence-corrected chi connectivity index (χ3v) is 14.6. The Morgan fingerprint density at radius 3 is 2.31 bits per heavy atom. The van der Waals surface area contributed by atoms with Gasteiger partial charge in [0.1, 0.15) is 31.0 Å². The first-order valence-electron chi connectivity index (χ1n) is 23.4. The average molecular weight is 945 g/mol. The quantitative estimate of drug-likeness (QED) is 0.0788. The molecule has 0 spiro atoms. The molecule has 12 atom stereocenters. The highest BCUT2D eigenvalue weighted by atomic mass is 19.1. The van der Waals surface area contributed by atoms with E-state index >= 15 is 8.78 Å². The van der Waals surface area contributed by atoms with Gasteiger partial charge in [0.15, 0.2) is 17.7 Å². The van der Waals surface area contributed by atoms with Crippen molar-refractivity contribution in [2.75, 3.05) is 25.1 Å². The fourth-order valence-corrected chi connectivity index (χ4v) is 10.8. The molecule has 3 aliphatic carbocycles. The number of unbranched alkanes of at least 4 members (excludes halogenated alkanes) is 2. The third-order valence-electron chi connectivity index (χ3n) is 14.6. The number of alkyl halides is 2. The average Bonchev–Trinajstić information content (AvgIpc) is 3.62. The first-order chi connectivity index (χ1) is 32.3. The molecule has 2 aromatic carbocycles. The number of carbonyl (C=O) groups excluding carboxylic acids is 6. The van der Waals surface area contributed by atoms with Gasteiger partial charge >= 0.3 is 0 Å². The number of amides is 5. The Balaban J connectivity index is 0.922. The van der Waals surface area contributed by atoms with E-state index in [1.165, 1.54) is 44.2 Å². The molecule has 0 aromatic heterocycles. The van der Waals surface area contributed by atoms with Crippen molar-refractivity contribution in [3.63, 3.8) is 0 Å². The zero-order chi connectivity index (χ0) is 49.1. The van der Waals surface area contributed by atoms with Crippen molar-refractivity contribution in [1.82, 2.24) is 15.5 Å². The molecule has 7 rings (SSSR count). The summed E-state index contributed by atoms with van der Waals surface area (Å²) in [6.45, 7) is 5.89. The van der Waals surface area contributed by atoms with Crippen molar-refractivity contribution in [2.24, 2.45) is 22.7 Å². The van der Waals surface area contributed by atoms with Crippen LogP contribution in [0.1, 0.15) is 95.6 Å². The molecule has 68 heavy (non-hydrogen) atoms. The van der Waals surface area contributed by atoms with E-state index in [0.717, 1.165) is 16.0 Å². The molecule has 2 aromatic rings. The number of ether oxygens (including phenoxy) is 2. The van der Waals surface area contributed by atoms with Gasteiger partial charge in [0.05, 0.1) is 18.8 Å². The van der Waals surface area contributed by atoms with Crippen LogP contribution in [-0.4, -0.2) is 118 Å². The van der Waals surface area contributed by atoms with Gasteiger partial charge in [-0.2, -0.15) is 0 Å². The molecule has 2 saturated carbocycles. The third kappa shape index (κ3) is 10.4. The highest BCUT2D eigenvalue weighted by Gasteiger charge is 2.70. The summed E-state index contributed by atoms with van der Waals surface area (Å²) in [6, 6.07) is 12.7. The minimum atomic E-state index is -2.32. The second kappa shape index (κ2) is 20.6. The number of allylic oxidation sites excluding steroid dienone is 2. The number of nitrogens with zero attached hydrogens (tertiary/aromatic N) is 1. The smallest absolute Gasteiger partial charge is 0.253 e. The van der Waals surface area contributed by atoms with Crippen molar-refractivity contribution in [1.29, 1.82) is 0 Å². The van der Waals surface area contributed by atoms with Crippen LogP contribution in [0.25, 0.3) is 0 Å². The lowest BCUT2D eigenvalue weighted by atomic mass is 9.44. The number of rotatable bonds is 16. The molecular weight excluding hydrogens is 883 g/mol. The van der Waals surface area contributed by atoms with Crippen molar-refractivity contribution < 1.29 is 62.3 Å². The molecule has 17 heteroatoms. The topological polar surface area (TPSA) is 221 Å². The van der Waals surface area contributed by atoms with Crippen molar-refractivity contribution in [2.45, 2.75) is 128 Å². The molecule has 15 nitrogen and oxygen atoms in total. The molecule has 5 amide bonds. The Morgan fingerprint density at radius 1 is 0.897 bits per heavy atom. The van der Waals surface area contributed by atoms with Gasteiger partial charge in [0.25, 0.3) is 11.8 Å². The molecule has 2 unspecified atom stereocenters. The van der Waals surface area contributed by atoms with Gasteiger partial charge in [-0.15, -0.1) is 0 Å². The maximum absolute atomic E-state index is 17.8. The summed E-state index contributed by atoms with van der Waals surface area (Å²) in [7, 11) is 0. The van der Waals surface area contributed by atoms with Crippen LogP contribution in [0, 0.1) is 22.7 Å². The fourth-order valence-electron chi connectivity index (χ4n) is 10.8. The van der Waals surface area contributed by atoms with E-state index in [1.807, 2.05) is 25.1 Å². The monoisotopic (exact) mass is 944 g/mol. The molecule has 6 N–H and O–H groups in total. The summed E-state index contributed by atoms with van der Waals surface area (Å²) in [5.41, 5.74) is -1.86. The second-order valence-electron chi connectivity index (χ2n) is 19.5. The van der Waals surface area contributed by atoms with Crippen molar-refractivity contribution in [3.8, 4) is 0 Å². The van der Waals surface area contributed by atoms with Crippen LogP contribution in [0.4, 0.5) is 14.5 Å². The Labute approximate surface area is 394 Å². The van der Waals surface area contributed by atoms with Gasteiger partial charge in [0, 0.05) is 47.7 Å². The maximum atomic E-state index is 17.8. The number of carbonyl (C=O) groups is 6. The largest absolute Gasteiger partial charge is 0.390 e. The molecule has 3 fully saturated rings. The number of hydrogen-bond acceptors (Lipinski definition) is 11. The minimum absolute atomic E-state index is 0.00514. The first kappa shape index (κ1) is 50.4. The molecule has 5 aliphatic rings. The van der Waals surface area contributed by atoms with Crippen LogP contribution < -0.4 is 16.0 Å². The predicted octanol–water partition coefficient (Wildman–Crippen LogP) is 4.39. The highest BCUT2D eigenvalue weighted by molar-refractivity contribution is 6.12. The lowest BCUT2D eigenvalue weighted by Crippen LogP contribution is -2.69. The zero-order valence-electron chi connectivity index (χ0n) is 38.8. The van der Waals surface area contributed by atoms with Crippen LogP contribution in [0.5, 0.6) is 0 Å². The molecule has 2 aliphatic heterocycles. The predicted molar refractivity (Wildman–Crippen MR) is 245 cm³/mol. The number of nitrogens with one attached hydrogen (secondary N) is 3. The Bertz CT molecular complexity index is 2340. The zero-order valence-corrected chi connectivity index (χ0v) is 38.8. The fraction of sp³-hybridized carbons (Fsp3) is 0.529. The van der Waals surface area contributed by atoms with Crippen LogP contribution >= 0.6 is 0 Å². The molecule has 0 radical (unpaired) electrons. The number of halogens is 2. The molecule has 2 heterocycles. The number of imide groups is 1.